The van der Waals surface area contributed by atoms with Crippen LogP contribution in [0.25, 0.3) is 0 Å². The van der Waals surface area contributed by atoms with E-state index in [1.54, 1.807) is 10.9 Å². The molecule has 2 aliphatic rings. The molecule has 1 fully saturated rings. The molecule has 2 aromatic carbocycles. The summed E-state index contributed by atoms with van der Waals surface area (Å²) < 4.78 is 37.2. The normalized spacial score (nSPS) is 23.2. The first-order chi connectivity index (χ1) is 25.5. The second-order valence-corrected chi connectivity index (χ2v) is 14.5. The van der Waals surface area contributed by atoms with Gasteiger partial charge >= 0.3 is 0 Å². The molecular formula is C39H51F2N7O5. The van der Waals surface area contributed by atoms with Crippen molar-refractivity contribution in [1.29, 1.82) is 0 Å². The minimum atomic E-state index is -1.48. The number of ether oxygens (including phenoxy) is 1. The summed E-state index contributed by atoms with van der Waals surface area (Å²) >= 11 is 0. The van der Waals surface area contributed by atoms with Crippen molar-refractivity contribution in [2.75, 3.05) is 20.1 Å². The van der Waals surface area contributed by atoms with Gasteiger partial charge in [0.15, 0.2) is 0 Å². The zero-order valence-electron chi connectivity index (χ0n) is 30.8. The lowest BCUT2D eigenvalue weighted by molar-refractivity contribution is -0.147. The summed E-state index contributed by atoms with van der Waals surface area (Å²) in [5, 5.41) is 14.1. The van der Waals surface area contributed by atoms with E-state index in [2.05, 4.69) is 20.9 Å². The maximum Gasteiger partial charge on any atom is 0.255 e. The molecule has 4 amide bonds. The number of likely N-dealkylation sites (N-methyl/N-ethyl adjacent to an activating group) is 1. The van der Waals surface area contributed by atoms with Gasteiger partial charge in [-0.15, -0.1) is 5.10 Å². The van der Waals surface area contributed by atoms with Crippen molar-refractivity contribution in [3.63, 3.8) is 0 Å². The molecule has 4 atom stereocenters. The second kappa shape index (κ2) is 18.7. The standard InChI is InChI=1S/C39H51F2N7O5/c1-26(2)19-32-38(51)48-23-29(41)21-34(48)39(52)46(3)33(20-27-13-9-8-10-14-27)37(50)42-17-11-6-4-5-7-12-18-47-24-30(44-45-47)25-53-35-22-28(40)15-16-31(35)36(49)43-32/h8-10,13-16,22,24,26,29,32-34H,4-7,11-12,17-21,23,25H2,1-3H3,(H,42,50)(H,43,49)/t29?,32-,33+,34-/m1/s1. The van der Waals surface area contributed by atoms with Gasteiger partial charge in [0.25, 0.3) is 5.91 Å². The number of halogens is 2. The molecule has 0 spiro atoms. The van der Waals surface area contributed by atoms with Gasteiger partial charge in [-0.25, -0.2) is 8.78 Å². The summed E-state index contributed by atoms with van der Waals surface area (Å²) in [5.74, 6) is -2.94. The highest BCUT2D eigenvalue weighted by atomic mass is 19.1. The highest BCUT2D eigenvalue weighted by Crippen LogP contribution is 2.27. The fourth-order valence-electron chi connectivity index (χ4n) is 6.93. The number of nitrogens with zero attached hydrogens (tertiary/aromatic N) is 5. The Labute approximate surface area is 309 Å². The number of rotatable bonds is 4. The topological polar surface area (TPSA) is 139 Å². The van der Waals surface area contributed by atoms with Gasteiger partial charge in [-0.1, -0.05) is 75.1 Å². The molecule has 14 heteroatoms. The van der Waals surface area contributed by atoms with Gasteiger partial charge in [-0.3, -0.25) is 23.9 Å². The first kappa shape index (κ1) is 39.3. The van der Waals surface area contributed by atoms with E-state index >= 15 is 4.39 Å². The van der Waals surface area contributed by atoms with Gasteiger partial charge in [0.2, 0.25) is 17.7 Å². The zero-order valence-corrected chi connectivity index (χ0v) is 30.8. The van der Waals surface area contributed by atoms with Gasteiger partial charge in [0.05, 0.1) is 18.3 Å². The molecule has 5 rings (SSSR count). The van der Waals surface area contributed by atoms with E-state index in [1.165, 1.54) is 22.9 Å². The highest BCUT2D eigenvalue weighted by molar-refractivity contribution is 6.00. The molecule has 1 aromatic heterocycles. The lowest BCUT2D eigenvalue weighted by Crippen LogP contribution is -2.57. The molecule has 3 aromatic rings. The van der Waals surface area contributed by atoms with E-state index in [1.807, 2.05) is 44.2 Å². The monoisotopic (exact) mass is 735 g/mol. The predicted octanol–water partition coefficient (Wildman–Crippen LogP) is 4.62. The number of carbonyl (C=O) groups is 4. The minimum absolute atomic E-state index is 0.00583. The lowest BCUT2D eigenvalue weighted by atomic mass is 10.0. The van der Waals surface area contributed by atoms with E-state index in [0.29, 0.717) is 18.8 Å². The molecule has 53 heavy (non-hydrogen) atoms. The Balaban J connectivity index is 1.43. The second-order valence-electron chi connectivity index (χ2n) is 14.5. The van der Waals surface area contributed by atoms with Gasteiger partial charge in [0, 0.05) is 39.0 Å². The highest BCUT2D eigenvalue weighted by Gasteiger charge is 2.45. The van der Waals surface area contributed by atoms with Gasteiger partial charge in [-0.05, 0) is 42.9 Å². The van der Waals surface area contributed by atoms with Crippen LogP contribution in [0.15, 0.2) is 54.7 Å². The molecule has 286 valence electrons. The molecule has 2 aliphatic heterocycles. The van der Waals surface area contributed by atoms with Gasteiger partial charge in [-0.2, -0.15) is 0 Å². The fraction of sp³-hybridized carbons (Fsp3) is 0.538. The molecule has 3 heterocycles. The van der Waals surface area contributed by atoms with E-state index in [-0.39, 0.29) is 55.6 Å². The Morgan fingerprint density at radius 3 is 2.45 bits per heavy atom. The van der Waals surface area contributed by atoms with Crippen LogP contribution in [0.5, 0.6) is 5.75 Å². The van der Waals surface area contributed by atoms with E-state index in [9.17, 15) is 23.6 Å². The molecule has 0 radical (unpaired) electrons. The first-order valence-electron chi connectivity index (χ1n) is 18.6. The van der Waals surface area contributed by atoms with Crippen LogP contribution >= 0.6 is 0 Å². The molecule has 0 saturated carbocycles. The van der Waals surface area contributed by atoms with Crippen LogP contribution in [0.1, 0.15) is 86.8 Å². The largest absolute Gasteiger partial charge is 0.486 e. The van der Waals surface area contributed by atoms with Gasteiger partial charge in [0.1, 0.15) is 48.2 Å². The molecule has 2 bridgehead atoms. The predicted molar refractivity (Wildman–Crippen MR) is 194 cm³/mol. The van der Waals surface area contributed by atoms with Crippen molar-refractivity contribution in [1.82, 2.24) is 35.4 Å². The first-order valence-corrected chi connectivity index (χ1v) is 18.6. The fourth-order valence-corrected chi connectivity index (χ4v) is 6.93. The SMILES string of the molecule is CC(C)C[C@H]1NC(=O)c2ccc(F)cc2OCc2cn(nn2)CCCCCCCCNC(=O)[C@H](Cc2ccccc2)N(C)C(=O)[C@H]2CC(F)CN2C1=O. The Morgan fingerprint density at radius 1 is 0.962 bits per heavy atom. The third-order valence-corrected chi connectivity index (χ3v) is 9.78. The molecule has 1 unspecified atom stereocenters. The molecule has 2 N–H and O–H groups in total. The molecule has 12 nitrogen and oxygen atoms in total. The maximum absolute atomic E-state index is 15.2. The third kappa shape index (κ3) is 10.8. The van der Waals surface area contributed by atoms with Crippen LogP contribution in [-0.4, -0.2) is 92.9 Å². The number of aryl methyl sites for hydroxylation is 1. The van der Waals surface area contributed by atoms with Crippen LogP contribution in [-0.2, 0) is 34.0 Å². The van der Waals surface area contributed by atoms with Crippen LogP contribution in [0.4, 0.5) is 8.78 Å². The van der Waals surface area contributed by atoms with E-state index in [4.69, 9.17) is 4.74 Å². The number of nitrogens with one attached hydrogen (secondary N) is 2. The van der Waals surface area contributed by atoms with Crippen molar-refractivity contribution in [3.05, 3.63) is 77.4 Å². The van der Waals surface area contributed by atoms with Crippen LogP contribution in [0, 0.1) is 11.7 Å². The summed E-state index contributed by atoms with van der Waals surface area (Å²) in [5.41, 5.74) is 1.34. The van der Waals surface area contributed by atoms with Crippen LogP contribution < -0.4 is 15.4 Å². The summed E-state index contributed by atoms with van der Waals surface area (Å²) in [6.07, 6.45) is 6.05. The van der Waals surface area contributed by atoms with Crippen LogP contribution in [0.3, 0.4) is 0 Å². The number of fused-ring (bicyclic) bond motifs is 4. The third-order valence-electron chi connectivity index (χ3n) is 9.78. The number of hydrogen-bond acceptors (Lipinski definition) is 7. The molecular weight excluding hydrogens is 684 g/mol. The summed E-state index contributed by atoms with van der Waals surface area (Å²) in [6, 6.07) is 9.61. The van der Waals surface area contributed by atoms with Crippen molar-refractivity contribution >= 4 is 23.6 Å². The van der Waals surface area contributed by atoms with Gasteiger partial charge < -0.3 is 25.2 Å². The Morgan fingerprint density at radius 2 is 1.70 bits per heavy atom. The maximum atomic E-state index is 15.2. The Bertz CT molecular complexity index is 1700. The molecule has 1 saturated heterocycles. The minimum Gasteiger partial charge on any atom is -0.486 e. The van der Waals surface area contributed by atoms with E-state index < -0.39 is 47.8 Å². The number of carbonyl (C=O) groups excluding carboxylic acids is 4. The van der Waals surface area contributed by atoms with E-state index in [0.717, 1.165) is 56.2 Å². The van der Waals surface area contributed by atoms with Crippen molar-refractivity contribution in [2.24, 2.45) is 5.92 Å². The van der Waals surface area contributed by atoms with Crippen molar-refractivity contribution in [3.8, 4) is 5.75 Å². The number of hydrogen-bond donors (Lipinski definition) is 2. The summed E-state index contributed by atoms with van der Waals surface area (Å²) in [7, 11) is 1.52. The smallest absolute Gasteiger partial charge is 0.255 e. The Hall–Kier alpha value is -4.88. The summed E-state index contributed by atoms with van der Waals surface area (Å²) in [4.78, 5) is 58.4. The zero-order chi connectivity index (χ0) is 37.9. The van der Waals surface area contributed by atoms with Crippen molar-refractivity contribution < 1.29 is 32.7 Å². The average molecular weight is 736 g/mol. The summed E-state index contributed by atoms with van der Waals surface area (Å²) in [6.45, 7) is 4.46. The number of amides is 4. The average Bonchev–Trinajstić information content (AvgIpc) is 3.76. The Kier molecular flexibility index (Phi) is 13.9. The number of alkyl halides is 1. The number of aromatic nitrogens is 3. The lowest BCUT2D eigenvalue weighted by Gasteiger charge is -2.34. The van der Waals surface area contributed by atoms with Crippen molar-refractivity contribution in [2.45, 2.75) is 109 Å². The number of benzene rings is 2. The van der Waals surface area contributed by atoms with Crippen LogP contribution in [0.2, 0.25) is 0 Å². The quantitative estimate of drug-likeness (QED) is 0.399. The molecule has 0 aliphatic carbocycles.